The van der Waals surface area contributed by atoms with E-state index in [1.165, 1.54) is 0 Å². The molecule has 0 aliphatic heterocycles. The SMILES string of the molecule is Nc1ccc(N)c2ncccc12.[HH].[HH]. The fourth-order valence-corrected chi connectivity index (χ4v) is 1.22. The van der Waals surface area contributed by atoms with Crippen molar-refractivity contribution in [2.75, 3.05) is 11.5 Å². The van der Waals surface area contributed by atoms with Crippen LogP contribution in [0.5, 0.6) is 0 Å². The smallest absolute Gasteiger partial charge is 0.0951 e. The van der Waals surface area contributed by atoms with E-state index in [-0.39, 0.29) is 2.85 Å². The molecule has 1 heterocycles. The lowest BCUT2D eigenvalue weighted by Crippen LogP contribution is -1.93. The van der Waals surface area contributed by atoms with Gasteiger partial charge in [-0.1, -0.05) is 0 Å². The van der Waals surface area contributed by atoms with E-state index in [1.54, 1.807) is 18.3 Å². The highest BCUT2D eigenvalue weighted by molar-refractivity contribution is 5.97. The Balaban J connectivity index is 0.000000845. The van der Waals surface area contributed by atoms with Crippen molar-refractivity contribution in [1.82, 2.24) is 4.98 Å². The molecule has 0 aliphatic carbocycles. The summed E-state index contributed by atoms with van der Waals surface area (Å²) in [5.74, 6) is 0. The molecular weight excluding hydrogens is 150 g/mol. The third kappa shape index (κ3) is 0.871. The second kappa shape index (κ2) is 2.37. The van der Waals surface area contributed by atoms with Crippen molar-refractivity contribution in [3.8, 4) is 0 Å². The number of hydrogen-bond donors (Lipinski definition) is 2. The van der Waals surface area contributed by atoms with Crippen molar-refractivity contribution in [2.45, 2.75) is 0 Å². The second-order valence-corrected chi connectivity index (χ2v) is 2.64. The molecule has 0 spiro atoms. The van der Waals surface area contributed by atoms with Crippen LogP contribution >= 0.6 is 0 Å². The van der Waals surface area contributed by atoms with Crippen molar-refractivity contribution in [3.63, 3.8) is 0 Å². The fraction of sp³-hybridized carbons (Fsp3) is 0. The molecular formula is C9H13N3. The maximum atomic E-state index is 5.73. The van der Waals surface area contributed by atoms with Crippen molar-refractivity contribution in [1.29, 1.82) is 0 Å². The zero-order valence-corrected chi connectivity index (χ0v) is 6.49. The molecule has 2 aromatic rings. The van der Waals surface area contributed by atoms with Gasteiger partial charge in [0.05, 0.1) is 11.2 Å². The molecule has 2 rings (SSSR count). The highest BCUT2D eigenvalue weighted by atomic mass is 14.7. The van der Waals surface area contributed by atoms with Gasteiger partial charge in [-0.05, 0) is 24.3 Å². The first-order valence-corrected chi connectivity index (χ1v) is 3.68. The van der Waals surface area contributed by atoms with Gasteiger partial charge >= 0.3 is 0 Å². The molecule has 0 saturated carbocycles. The molecule has 0 unspecified atom stereocenters. The normalized spacial score (nSPS) is 10.3. The fourth-order valence-electron chi connectivity index (χ4n) is 1.22. The van der Waals surface area contributed by atoms with Crippen molar-refractivity contribution >= 4 is 22.3 Å². The van der Waals surface area contributed by atoms with E-state index in [9.17, 15) is 0 Å². The third-order valence-corrected chi connectivity index (χ3v) is 1.83. The first-order chi connectivity index (χ1) is 5.79. The van der Waals surface area contributed by atoms with Gasteiger partial charge in [-0.2, -0.15) is 0 Å². The van der Waals surface area contributed by atoms with Gasteiger partial charge in [0.2, 0.25) is 0 Å². The molecule has 64 valence electrons. The Labute approximate surface area is 73.0 Å². The van der Waals surface area contributed by atoms with Crippen LogP contribution in [0.2, 0.25) is 0 Å². The molecule has 0 bridgehead atoms. The number of pyridine rings is 1. The van der Waals surface area contributed by atoms with Gasteiger partial charge < -0.3 is 11.5 Å². The number of fused-ring (bicyclic) bond motifs is 1. The van der Waals surface area contributed by atoms with E-state index in [4.69, 9.17) is 11.5 Å². The van der Waals surface area contributed by atoms with Gasteiger partial charge in [0, 0.05) is 20.1 Å². The number of hydrogen-bond acceptors (Lipinski definition) is 3. The number of nitrogen functional groups attached to an aromatic ring is 2. The molecule has 0 saturated heterocycles. The van der Waals surface area contributed by atoms with E-state index >= 15 is 0 Å². The van der Waals surface area contributed by atoms with Crippen LogP contribution in [0.25, 0.3) is 10.9 Å². The Hall–Kier alpha value is -1.77. The van der Waals surface area contributed by atoms with E-state index < -0.39 is 0 Å². The Kier molecular flexibility index (Phi) is 1.37. The Morgan fingerprint density at radius 2 is 1.83 bits per heavy atom. The maximum absolute atomic E-state index is 5.73. The first kappa shape index (κ1) is 6.91. The van der Waals surface area contributed by atoms with Crippen LogP contribution in [0.4, 0.5) is 11.4 Å². The van der Waals surface area contributed by atoms with Crippen molar-refractivity contribution in [3.05, 3.63) is 30.5 Å². The van der Waals surface area contributed by atoms with Crippen LogP contribution in [-0.2, 0) is 0 Å². The predicted molar refractivity (Wildman–Crippen MR) is 54.8 cm³/mol. The monoisotopic (exact) mass is 163 g/mol. The molecule has 3 nitrogen and oxygen atoms in total. The number of benzene rings is 1. The molecule has 0 fully saturated rings. The molecule has 1 aromatic heterocycles. The molecule has 0 atom stereocenters. The van der Waals surface area contributed by atoms with Gasteiger partial charge in [0.25, 0.3) is 0 Å². The minimum Gasteiger partial charge on any atom is -0.398 e. The Bertz CT molecular complexity index is 391. The Morgan fingerprint density at radius 3 is 2.58 bits per heavy atom. The molecule has 1 aromatic carbocycles. The van der Waals surface area contributed by atoms with Crippen molar-refractivity contribution < 1.29 is 2.85 Å². The molecule has 4 N–H and O–H groups in total. The molecule has 3 heteroatoms. The van der Waals surface area contributed by atoms with Gasteiger partial charge in [0.15, 0.2) is 0 Å². The van der Waals surface area contributed by atoms with E-state index in [0.29, 0.717) is 11.4 Å². The minimum atomic E-state index is 0. The van der Waals surface area contributed by atoms with Gasteiger partial charge in [-0.25, -0.2) is 0 Å². The Morgan fingerprint density at radius 1 is 1.08 bits per heavy atom. The lowest BCUT2D eigenvalue weighted by Gasteiger charge is -2.02. The minimum absolute atomic E-state index is 0. The summed E-state index contributed by atoms with van der Waals surface area (Å²) in [6.45, 7) is 0. The summed E-state index contributed by atoms with van der Waals surface area (Å²) >= 11 is 0. The van der Waals surface area contributed by atoms with Gasteiger partial charge in [-0.3, -0.25) is 4.98 Å². The quantitative estimate of drug-likeness (QED) is 0.583. The number of nitrogens with zero attached hydrogens (tertiary/aromatic N) is 1. The van der Waals surface area contributed by atoms with E-state index in [1.807, 2.05) is 12.1 Å². The van der Waals surface area contributed by atoms with Gasteiger partial charge in [-0.15, -0.1) is 0 Å². The topological polar surface area (TPSA) is 64.9 Å². The summed E-state index contributed by atoms with van der Waals surface area (Å²) in [4.78, 5) is 4.14. The first-order valence-electron chi connectivity index (χ1n) is 3.68. The molecule has 0 radical (unpaired) electrons. The maximum Gasteiger partial charge on any atom is 0.0951 e. The van der Waals surface area contributed by atoms with Crippen LogP contribution in [0.1, 0.15) is 2.85 Å². The van der Waals surface area contributed by atoms with E-state index in [2.05, 4.69) is 4.98 Å². The van der Waals surface area contributed by atoms with Crippen molar-refractivity contribution in [2.24, 2.45) is 0 Å². The average Bonchev–Trinajstić information content (AvgIpc) is 2.12. The summed E-state index contributed by atoms with van der Waals surface area (Å²) in [6.07, 6.45) is 1.71. The molecule has 12 heavy (non-hydrogen) atoms. The summed E-state index contributed by atoms with van der Waals surface area (Å²) in [7, 11) is 0. The van der Waals surface area contributed by atoms with Crippen LogP contribution in [-0.4, -0.2) is 4.98 Å². The average molecular weight is 163 g/mol. The highest BCUT2D eigenvalue weighted by Gasteiger charge is 2.00. The highest BCUT2D eigenvalue weighted by Crippen LogP contribution is 2.23. The van der Waals surface area contributed by atoms with Gasteiger partial charge in [0.1, 0.15) is 0 Å². The van der Waals surface area contributed by atoms with Crippen LogP contribution in [0.15, 0.2) is 30.5 Å². The zero-order valence-electron chi connectivity index (χ0n) is 6.49. The van der Waals surface area contributed by atoms with Crippen LogP contribution < -0.4 is 11.5 Å². The van der Waals surface area contributed by atoms with Crippen LogP contribution in [0, 0.1) is 0 Å². The largest absolute Gasteiger partial charge is 0.398 e. The standard InChI is InChI=1S/C9H9N3.2H2/c10-7-3-4-8(11)9-6(7)2-1-5-12-9;;/h1-5H,10-11H2;2*1H. The zero-order chi connectivity index (χ0) is 8.55. The summed E-state index contributed by atoms with van der Waals surface area (Å²) in [5, 5.41) is 0.914. The lowest BCUT2D eigenvalue weighted by molar-refractivity contribution is 1.41. The molecule has 0 amide bonds. The lowest BCUT2D eigenvalue weighted by atomic mass is 10.1. The number of rotatable bonds is 0. The number of aromatic nitrogens is 1. The number of nitrogens with two attached hydrogens (primary N) is 2. The summed E-state index contributed by atoms with van der Waals surface area (Å²) in [6, 6.07) is 7.32. The van der Waals surface area contributed by atoms with Crippen LogP contribution in [0.3, 0.4) is 0 Å². The third-order valence-electron chi connectivity index (χ3n) is 1.83. The van der Waals surface area contributed by atoms with E-state index in [0.717, 1.165) is 10.9 Å². The second-order valence-electron chi connectivity index (χ2n) is 2.64. The number of anilines is 2. The summed E-state index contributed by atoms with van der Waals surface area (Å²) in [5.41, 5.74) is 13.6. The predicted octanol–water partition coefficient (Wildman–Crippen LogP) is 1.89. The summed E-state index contributed by atoms with van der Waals surface area (Å²) < 4.78 is 0. The molecule has 0 aliphatic rings.